The molecule has 1 heterocycles. The zero-order valence-corrected chi connectivity index (χ0v) is 18.0. The third-order valence-electron chi connectivity index (χ3n) is 5.26. The molecule has 0 aliphatic carbocycles. The normalized spacial score (nSPS) is 16.1. The number of hydrogen-bond donors (Lipinski definition) is 0. The van der Waals surface area contributed by atoms with Crippen LogP contribution in [0.15, 0.2) is 102 Å². The minimum atomic E-state index is -3.84. The summed E-state index contributed by atoms with van der Waals surface area (Å²) in [4.78, 5) is 12.9. The fourth-order valence-electron chi connectivity index (χ4n) is 3.56. The number of aryl methyl sites for hydroxylation is 1. The Hall–Kier alpha value is -3.38. The Labute approximate surface area is 182 Å². The quantitative estimate of drug-likeness (QED) is 0.526. The summed E-state index contributed by atoms with van der Waals surface area (Å²) in [5, 5.41) is 0. The van der Waals surface area contributed by atoms with Crippen molar-refractivity contribution in [1.82, 2.24) is 4.31 Å². The molecule has 6 heteroatoms. The number of rotatable bonds is 6. The van der Waals surface area contributed by atoms with Crippen molar-refractivity contribution >= 4 is 16.0 Å². The van der Waals surface area contributed by atoms with Crippen molar-refractivity contribution in [1.29, 1.82) is 0 Å². The molecule has 1 atom stereocenters. The smallest absolute Gasteiger partial charge is 0.335 e. The van der Waals surface area contributed by atoms with Crippen molar-refractivity contribution in [3.05, 3.63) is 113 Å². The van der Waals surface area contributed by atoms with Crippen molar-refractivity contribution in [3.63, 3.8) is 0 Å². The summed E-state index contributed by atoms with van der Waals surface area (Å²) < 4.78 is 33.5. The lowest BCUT2D eigenvalue weighted by Gasteiger charge is -2.25. The highest BCUT2D eigenvalue weighted by molar-refractivity contribution is 7.89. The maximum absolute atomic E-state index is 13.4. The van der Waals surface area contributed by atoms with Crippen LogP contribution in [0.4, 0.5) is 0 Å². The molecule has 0 fully saturated rings. The van der Waals surface area contributed by atoms with Crippen LogP contribution in [0.1, 0.15) is 29.2 Å². The van der Waals surface area contributed by atoms with Crippen LogP contribution in [0.5, 0.6) is 0 Å². The van der Waals surface area contributed by atoms with Gasteiger partial charge in [-0.2, -0.15) is 0 Å². The summed E-state index contributed by atoms with van der Waals surface area (Å²) in [6, 6.07) is 24.9. The molecular formula is C25H23NO4S. The number of ether oxygens (including phenoxy) is 1. The van der Waals surface area contributed by atoms with Gasteiger partial charge in [-0.25, -0.2) is 13.2 Å². The highest BCUT2D eigenvalue weighted by atomic mass is 32.2. The van der Waals surface area contributed by atoms with Gasteiger partial charge in [0, 0.05) is 12.6 Å². The molecule has 1 aliphatic heterocycles. The molecule has 0 radical (unpaired) electrons. The first-order valence-electron chi connectivity index (χ1n) is 10.0. The van der Waals surface area contributed by atoms with Crippen molar-refractivity contribution in [2.45, 2.75) is 30.9 Å². The summed E-state index contributed by atoms with van der Waals surface area (Å²) in [6.45, 7) is 2.04. The molecular weight excluding hydrogens is 410 g/mol. The maximum atomic E-state index is 13.4. The standard InChI is InChI=1S/C25H23NO4S/c1-19-12-14-23(15-13-19)31(28,29)26-17-22(16-24(26)21-10-6-3-7-11-21)25(27)30-18-20-8-4-2-5-9-20/h2-15,17,24H,16,18H2,1H3. The van der Waals surface area contributed by atoms with Gasteiger partial charge in [-0.05, 0) is 30.2 Å². The Kier molecular flexibility index (Phi) is 5.91. The summed E-state index contributed by atoms with van der Waals surface area (Å²) in [5.74, 6) is -0.508. The Morgan fingerprint density at radius 2 is 1.55 bits per heavy atom. The molecule has 0 aromatic heterocycles. The predicted molar refractivity (Wildman–Crippen MR) is 118 cm³/mol. The molecule has 0 saturated carbocycles. The molecule has 158 valence electrons. The van der Waals surface area contributed by atoms with Crippen LogP contribution in [0.2, 0.25) is 0 Å². The fraction of sp³-hybridized carbons (Fsp3) is 0.160. The topological polar surface area (TPSA) is 63.7 Å². The monoisotopic (exact) mass is 433 g/mol. The molecule has 0 amide bonds. The third kappa shape index (κ3) is 4.54. The Morgan fingerprint density at radius 1 is 0.935 bits per heavy atom. The SMILES string of the molecule is Cc1ccc(S(=O)(=O)N2C=C(C(=O)OCc3ccccc3)CC2c2ccccc2)cc1. The first-order chi connectivity index (χ1) is 14.9. The summed E-state index contributed by atoms with van der Waals surface area (Å²) >= 11 is 0. The molecule has 0 spiro atoms. The van der Waals surface area contributed by atoms with Crippen LogP contribution in [0, 0.1) is 6.92 Å². The summed E-state index contributed by atoms with van der Waals surface area (Å²) in [7, 11) is -3.84. The van der Waals surface area contributed by atoms with Crippen LogP contribution in [-0.4, -0.2) is 18.7 Å². The van der Waals surface area contributed by atoms with Gasteiger partial charge in [-0.3, -0.25) is 4.31 Å². The van der Waals surface area contributed by atoms with E-state index in [2.05, 4.69) is 0 Å². The van der Waals surface area contributed by atoms with Crippen LogP contribution in [0.25, 0.3) is 0 Å². The largest absolute Gasteiger partial charge is 0.457 e. The molecule has 0 N–H and O–H groups in total. The highest BCUT2D eigenvalue weighted by Gasteiger charge is 2.37. The van der Waals surface area contributed by atoms with Gasteiger partial charge in [0.25, 0.3) is 10.0 Å². The zero-order chi connectivity index (χ0) is 21.8. The molecule has 5 nitrogen and oxygen atoms in total. The molecule has 1 unspecified atom stereocenters. The van der Waals surface area contributed by atoms with Gasteiger partial charge < -0.3 is 4.74 Å². The van der Waals surface area contributed by atoms with Gasteiger partial charge in [0.1, 0.15) is 6.61 Å². The van der Waals surface area contributed by atoms with E-state index in [-0.39, 0.29) is 17.9 Å². The number of carbonyl (C=O) groups excluding carboxylic acids is 1. The first-order valence-corrected chi connectivity index (χ1v) is 11.5. The number of hydrogen-bond acceptors (Lipinski definition) is 4. The minimum absolute atomic E-state index is 0.137. The maximum Gasteiger partial charge on any atom is 0.335 e. The van der Waals surface area contributed by atoms with Crippen LogP contribution in [0.3, 0.4) is 0 Å². The number of nitrogens with zero attached hydrogens (tertiary/aromatic N) is 1. The molecule has 1 aliphatic rings. The van der Waals surface area contributed by atoms with Crippen LogP contribution >= 0.6 is 0 Å². The van der Waals surface area contributed by atoms with E-state index in [0.717, 1.165) is 16.7 Å². The Bertz CT molecular complexity index is 1190. The van der Waals surface area contributed by atoms with Gasteiger partial charge in [0.15, 0.2) is 0 Å². The van der Waals surface area contributed by atoms with Gasteiger partial charge in [-0.1, -0.05) is 78.4 Å². The van der Waals surface area contributed by atoms with E-state index in [0.29, 0.717) is 5.57 Å². The minimum Gasteiger partial charge on any atom is -0.457 e. The number of sulfonamides is 1. The average Bonchev–Trinajstić information content (AvgIpc) is 3.26. The van der Waals surface area contributed by atoms with Gasteiger partial charge in [0.05, 0.1) is 16.5 Å². The van der Waals surface area contributed by atoms with E-state index >= 15 is 0 Å². The van der Waals surface area contributed by atoms with Crippen molar-refractivity contribution in [3.8, 4) is 0 Å². The van der Waals surface area contributed by atoms with Gasteiger partial charge >= 0.3 is 5.97 Å². The van der Waals surface area contributed by atoms with E-state index in [4.69, 9.17) is 4.74 Å². The fourth-order valence-corrected chi connectivity index (χ4v) is 5.08. The van der Waals surface area contributed by atoms with Gasteiger partial charge in [0.2, 0.25) is 0 Å². The predicted octanol–water partition coefficient (Wildman–Crippen LogP) is 4.76. The number of esters is 1. The molecule has 3 aromatic carbocycles. The highest BCUT2D eigenvalue weighted by Crippen LogP contribution is 2.39. The van der Waals surface area contributed by atoms with Crippen molar-refractivity contribution in [2.75, 3.05) is 0 Å². The lowest BCUT2D eigenvalue weighted by molar-refractivity contribution is -0.140. The van der Waals surface area contributed by atoms with Gasteiger partial charge in [-0.15, -0.1) is 0 Å². The average molecular weight is 434 g/mol. The second-order valence-corrected chi connectivity index (χ2v) is 9.34. The molecule has 4 rings (SSSR count). The van der Waals surface area contributed by atoms with Crippen molar-refractivity contribution < 1.29 is 17.9 Å². The van der Waals surface area contributed by atoms with E-state index in [1.807, 2.05) is 67.6 Å². The second-order valence-electron chi connectivity index (χ2n) is 7.49. The molecule has 31 heavy (non-hydrogen) atoms. The zero-order valence-electron chi connectivity index (χ0n) is 17.1. The van der Waals surface area contributed by atoms with E-state index in [1.54, 1.807) is 24.3 Å². The number of benzene rings is 3. The van der Waals surface area contributed by atoms with Crippen LogP contribution in [-0.2, 0) is 26.2 Å². The number of carbonyl (C=O) groups is 1. The van der Waals surface area contributed by atoms with Crippen molar-refractivity contribution in [2.24, 2.45) is 0 Å². The van der Waals surface area contributed by atoms with E-state index in [9.17, 15) is 13.2 Å². The van der Waals surface area contributed by atoms with E-state index < -0.39 is 22.0 Å². The first kappa shape index (κ1) is 20.9. The third-order valence-corrected chi connectivity index (χ3v) is 7.04. The van der Waals surface area contributed by atoms with E-state index in [1.165, 1.54) is 10.5 Å². The van der Waals surface area contributed by atoms with Crippen LogP contribution < -0.4 is 0 Å². The summed E-state index contributed by atoms with van der Waals surface area (Å²) in [5.41, 5.74) is 3.00. The molecule has 3 aromatic rings. The molecule has 0 bridgehead atoms. The lowest BCUT2D eigenvalue weighted by atomic mass is 10.0. The lowest BCUT2D eigenvalue weighted by Crippen LogP contribution is -2.27. The molecule has 0 saturated heterocycles. The second kappa shape index (κ2) is 8.78. The Balaban J connectivity index is 1.63. The Morgan fingerprint density at radius 3 is 2.19 bits per heavy atom. The summed E-state index contributed by atoms with van der Waals surface area (Å²) in [6.07, 6.45) is 1.67.